The van der Waals surface area contributed by atoms with Crippen molar-refractivity contribution in [3.05, 3.63) is 71.7 Å². The fourth-order valence-electron chi connectivity index (χ4n) is 2.79. The third-order valence-electron chi connectivity index (χ3n) is 4.14. The summed E-state index contributed by atoms with van der Waals surface area (Å²) < 4.78 is 0. The lowest BCUT2D eigenvalue weighted by Gasteiger charge is -2.16. The lowest BCUT2D eigenvalue weighted by molar-refractivity contribution is 0.102. The Balaban J connectivity index is 1.44. The zero-order valence-electron chi connectivity index (χ0n) is 13.8. The number of benzene rings is 1. The van der Waals surface area contributed by atoms with Crippen LogP contribution in [0.4, 0.5) is 16.3 Å². The Kier molecular flexibility index (Phi) is 4.06. The third-order valence-corrected chi connectivity index (χ3v) is 4.14. The molecule has 3 amide bonds. The van der Waals surface area contributed by atoms with Crippen molar-refractivity contribution >= 4 is 23.4 Å². The summed E-state index contributed by atoms with van der Waals surface area (Å²) in [7, 11) is 0. The second-order valence-corrected chi connectivity index (χ2v) is 5.87. The fourth-order valence-corrected chi connectivity index (χ4v) is 2.79. The Bertz CT molecular complexity index is 939. The van der Waals surface area contributed by atoms with Crippen LogP contribution in [0.15, 0.2) is 54.9 Å². The molecule has 0 atom stereocenters. The highest BCUT2D eigenvalue weighted by Gasteiger charge is 2.29. The molecule has 26 heavy (non-hydrogen) atoms. The number of amides is 3. The van der Waals surface area contributed by atoms with E-state index in [0.717, 1.165) is 16.9 Å². The zero-order chi connectivity index (χ0) is 17.9. The number of aromatic nitrogens is 3. The topological polar surface area (TPSA) is 103 Å². The standard InChI is InChI=1S/C18H16N6O2/c25-17(12-6-8-19-9-7-12)21-16-14-10-24(11-15(14)22-23-16)18(26)20-13-4-2-1-3-5-13/h1-9H,10-11H2,(H,20,26)(H2,21,22,23,25). The Morgan fingerprint density at radius 3 is 2.54 bits per heavy atom. The van der Waals surface area contributed by atoms with Crippen molar-refractivity contribution in [3.8, 4) is 0 Å². The number of fused-ring (bicyclic) bond motifs is 1. The molecule has 0 saturated heterocycles. The Morgan fingerprint density at radius 1 is 1.00 bits per heavy atom. The number of carbonyl (C=O) groups excluding carboxylic acids is 2. The van der Waals surface area contributed by atoms with Crippen LogP contribution in [-0.2, 0) is 13.1 Å². The van der Waals surface area contributed by atoms with Gasteiger partial charge in [0.15, 0.2) is 0 Å². The van der Waals surface area contributed by atoms with Gasteiger partial charge in [0.05, 0.1) is 18.8 Å². The molecule has 2 aromatic heterocycles. The van der Waals surface area contributed by atoms with Gasteiger partial charge in [-0.1, -0.05) is 18.2 Å². The second-order valence-electron chi connectivity index (χ2n) is 5.87. The van der Waals surface area contributed by atoms with E-state index in [9.17, 15) is 9.59 Å². The molecule has 4 rings (SSSR count). The molecule has 0 fully saturated rings. The smallest absolute Gasteiger partial charge is 0.314 e. The van der Waals surface area contributed by atoms with Crippen molar-refractivity contribution in [2.75, 3.05) is 10.6 Å². The number of pyridine rings is 1. The Labute approximate surface area is 149 Å². The first-order chi connectivity index (χ1) is 12.7. The van der Waals surface area contributed by atoms with Crippen molar-refractivity contribution in [2.24, 2.45) is 0 Å². The van der Waals surface area contributed by atoms with Crippen molar-refractivity contribution in [3.63, 3.8) is 0 Å². The first-order valence-corrected chi connectivity index (χ1v) is 8.09. The highest BCUT2D eigenvalue weighted by Crippen LogP contribution is 2.27. The molecule has 1 aromatic carbocycles. The molecule has 0 saturated carbocycles. The molecule has 8 nitrogen and oxygen atoms in total. The predicted molar refractivity (Wildman–Crippen MR) is 95.5 cm³/mol. The molecule has 0 aliphatic carbocycles. The molecule has 8 heteroatoms. The quantitative estimate of drug-likeness (QED) is 0.677. The average Bonchev–Trinajstić information content (AvgIpc) is 3.25. The number of H-pyrrole nitrogens is 1. The number of aromatic amines is 1. The molecule has 0 spiro atoms. The normalized spacial score (nSPS) is 12.5. The minimum atomic E-state index is -0.258. The van der Waals surface area contributed by atoms with E-state index in [2.05, 4.69) is 25.8 Å². The summed E-state index contributed by atoms with van der Waals surface area (Å²) in [5.74, 6) is 0.253. The van der Waals surface area contributed by atoms with Gasteiger partial charge in [0, 0.05) is 29.2 Å². The van der Waals surface area contributed by atoms with Crippen molar-refractivity contribution < 1.29 is 9.59 Å². The highest BCUT2D eigenvalue weighted by molar-refractivity contribution is 6.04. The fraction of sp³-hybridized carbons (Fsp3) is 0.111. The van der Waals surface area contributed by atoms with E-state index in [-0.39, 0.29) is 11.9 Å². The summed E-state index contributed by atoms with van der Waals surface area (Å²) in [4.78, 5) is 30.2. The highest BCUT2D eigenvalue weighted by atomic mass is 16.2. The second kappa shape index (κ2) is 6.67. The van der Waals surface area contributed by atoms with Gasteiger partial charge >= 0.3 is 6.03 Å². The van der Waals surface area contributed by atoms with E-state index in [1.54, 1.807) is 29.4 Å². The molecule has 0 unspecified atom stereocenters. The summed E-state index contributed by atoms with van der Waals surface area (Å²) in [6, 6.07) is 12.3. The predicted octanol–water partition coefficient (Wildman–Crippen LogP) is 2.60. The van der Waals surface area contributed by atoms with Crippen molar-refractivity contribution in [2.45, 2.75) is 13.1 Å². The lowest BCUT2D eigenvalue weighted by Crippen LogP contribution is -2.30. The number of rotatable bonds is 3. The molecule has 1 aliphatic heterocycles. The summed E-state index contributed by atoms with van der Waals surface area (Å²) in [5, 5.41) is 12.7. The monoisotopic (exact) mass is 348 g/mol. The van der Waals surface area contributed by atoms with Crippen LogP contribution in [-0.4, -0.2) is 32.0 Å². The Hall–Kier alpha value is -3.68. The van der Waals surface area contributed by atoms with Crippen LogP contribution in [0.1, 0.15) is 21.6 Å². The zero-order valence-corrected chi connectivity index (χ0v) is 13.8. The van der Waals surface area contributed by atoms with Gasteiger partial charge in [-0.3, -0.25) is 14.9 Å². The molecule has 130 valence electrons. The van der Waals surface area contributed by atoms with Gasteiger partial charge < -0.3 is 15.5 Å². The maximum Gasteiger partial charge on any atom is 0.322 e. The molecular formula is C18H16N6O2. The van der Waals surface area contributed by atoms with Gasteiger partial charge in [-0.25, -0.2) is 4.79 Å². The lowest BCUT2D eigenvalue weighted by atomic mass is 10.2. The minimum absolute atomic E-state index is 0.208. The van der Waals surface area contributed by atoms with Crippen LogP contribution in [0.25, 0.3) is 0 Å². The SMILES string of the molecule is O=C(Nc1[nH]nc2c1CN(C(=O)Nc1ccccc1)C2)c1ccncc1. The number of urea groups is 1. The van der Waals surface area contributed by atoms with Crippen LogP contribution in [0.2, 0.25) is 0 Å². The van der Waals surface area contributed by atoms with E-state index >= 15 is 0 Å². The van der Waals surface area contributed by atoms with Gasteiger partial charge in [0.1, 0.15) is 5.82 Å². The summed E-state index contributed by atoms with van der Waals surface area (Å²) in [5.41, 5.74) is 2.80. The summed E-state index contributed by atoms with van der Waals surface area (Å²) in [6.07, 6.45) is 3.11. The third kappa shape index (κ3) is 3.12. The Morgan fingerprint density at radius 2 is 1.77 bits per heavy atom. The van der Waals surface area contributed by atoms with Crippen molar-refractivity contribution in [1.82, 2.24) is 20.1 Å². The number of hydrogen-bond acceptors (Lipinski definition) is 4. The maximum absolute atomic E-state index is 12.4. The molecule has 1 aliphatic rings. The number of anilines is 2. The van der Waals surface area contributed by atoms with E-state index in [0.29, 0.717) is 24.5 Å². The van der Waals surface area contributed by atoms with E-state index in [1.807, 2.05) is 30.3 Å². The summed E-state index contributed by atoms with van der Waals surface area (Å²) >= 11 is 0. The average molecular weight is 348 g/mol. The molecule has 3 heterocycles. The maximum atomic E-state index is 12.4. The van der Waals surface area contributed by atoms with Crippen molar-refractivity contribution in [1.29, 1.82) is 0 Å². The number of carbonyl (C=O) groups is 2. The summed E-state index contributed by atoms with van der Waals surface area (Å²) in [6.45, 7) is 0.756. The van der Waals surface area contributed by atoms with E-state index in [1.165, 1.54) is 0 Å². The van der Waals surface area contributed by atoms with E-state index in [4.69, 9.17) is 0 Å². The molecular weight excluding hydrogens is 332 g/mol. The van der Waals surface area contributed by atoms with Gasteiger partial charge in [-0.05, 0) is 24.3 Å². The number of para-hydroxylation sites is 1. The van der Waals surface area contributed by atoms with Gasteiger partial charge in [-0.2, -0.15) is 5.10 Å². The van der Waals surface area contributed by atoms with Crippen LogP contribution in [0.3, 0.4) is 0 Å². The van der Waals surface area contributed by atoms with Gasteiger partial charge in [0.25, 0.3) is 5.91 Å². The van der Waals surface area contributed by atoms with Gasteiger partial charge in [-0.15, -0.1) is 0 Å². The molecule has 0 bridgehead atoms. The minimum Gasteiger partial charge on any atom is -0.314 e. The van der Waals surface area contributed by atoms with E-state index < -0.39 is 0 Å². The number of nitrogens with zero attached hydrogens (tertiary/aromatic N) is 3. The first kappa shape index (κ1) is 15.8. The number of nitrogens with one attached hydrogen (secondary N) is 3. The largest absolute Gasteiger partial charge is 0.322 e. The van der Waals surface area contributed by atoms with Crippen LogP contribution in [0.5, 0.6) is 0 Å². The number of hydrogen-bond donors (Lipinski definition) is 3. The van der Waals surface area contributed by atoms with Gasteiger partial charge in [0.2, 0.25) is 0 Å². The van der Waals surface area contributed by atoms with Crippen LogP contribution >= 0.6 is 0 Å². The van der Waals surface area contributed by atoms with Crippen LogP contribution in [0, 0.1) is 0 Å². The van der Waals surface area contributed by atoms with Crippen LogP contribution < -0.4 is 10.6 Å². The first-order valence-electron chi connectivity index (χ1n) is 8.09. The molecule has 3 N–H and O–H groups in total. The molecule has 3 aromatic rings. The molecule has 0 radical (unpaired) electrons.